The van der Waals surface area contributed by atoms with E-state index in [0.29, 0.717) is 37.7 Å². The Hall–Kier alpha value is -1.66. The van der Waals surface area contributed by atoms with E-state index in [2.05, 4.69) is 27.4 Å². The summed E-state index contributed by atoms with van der Waals surface area (Å²) in [6.45, 7) is 17.5. The van der Waals surface area contributed by atoms with Crippen molar-refractivity contribution < 1.29 is 49.7 Å². The number of aliphatic hydroxyl groups excluding tert-OH is 3. The highest BCUT2D eigenvalue weighted by molar-refractivity contribution is 5.73. The number of allylic oxidation sites excluding steroid dienone is 1. The lowest BCUT2D eigenvalue weighted by Gasteiger charge is -2.68. The number of carbonyl (C=O) groups is 2. The highest BCUT2D eigenvalue weighted by Gasteiger charge is 2.70. The maximum Gasteiger partial charge on any atom is 0.303 e. The zero-order valence-corrected chi connectivity index (χ0v) is 28.7. The molecule has 3 aliphatic carbocycles. The quantitative estimate of drug-likeness (QED) is 0.0836. The molecule has 0 aromatic rings. The van der Waals surface area contributed by atoms with E-state index in [4.69, 9.17) is 9.47 Å². The number of aldehydes is 1. The van der Waals surface area contributed by atoms with E-state index in [1.54, 1.807) is 26.8 Å². The smallest absolute Gasteiger partial charge is 0.303 e. The van der Waals surface area contributed by atoms with Gasteiger partial charge < -0.3 is 40.1 Å². The van der Waals surface area contributed by atoms with Crippen LogP contribution in [0.25, 0.3) is 0 Å². The van der Waals surface area contributed by atoms with Crippen molar-refractivity contribution in [2.24, 2.45) is 39.9 Å². The summed E-state index contributed by atoms with van der Waals surface area (Å²) in [6, 6.07) is 0. The van der Waals surface area contributed by atoms with Crippen LogP contribution in [-0.2, 0) is 19.1 Å². The lowest BCUT2D eigenvalue weighted by atomic mass is 9.37. The van der Waals surface area contributed by atoms with Gasteiger partial charge in [0.25, 0.3) is 0 Å². The Bertz CT molecular complexity index is 1180. The molecular weight excluding hydrogens is 592 g/mol. The van der Waals surface area contributed by atoms with Crippen molar-refractivity contribution in [2.75, 3.05) is 0 Å². The first-order chi connectivity index (χ1) is 21.1. The minimum absolute atomic E-state index is 0.0612. The molecule has 46 heavy (non-hydrogen) atoms. The number of fused-ring (bicyclic) bond motifs is 3. The fourth-order valence-corrected chi connectivity index (χ4v) is 10.4. The van der Waals surface area contributed by atoms with Crippen molar-refractivity contribution >= 4 is 12.3 Å². The highest BCUT2D eigenvalue weighted by Crippen LogP contribution is 2.74. The molecule has 0 radical (unpaired) electrons. The van der Waals surface area contributed by atoms with Gasteiger partial charge in [0.2, 0.25) is 0 Å². The molecule has 1 saturated heterocycles. The maximum atomic E-state index is 12.1. The summed E-state index contributed by atoms with van der Waals surface area (Å²) in [7, 11) is 0. The van der Waals surface area contributed by atoms with Gasteiger partial charge in [0.15, 0.2) is 6.29 Å². The molecule has 3 saturated carbocycles. The number of rotatable bonds is 11. The van der Waals surface area contributed by atoms with E-state index < -0.39 is 64.8 Å². The van der Waals surface area contributed by atoms with Crippen molar-refractivity contribution in [2.45, 2.75) is 148 Å². The molecule has 0 spiro atoms. The molecule has 14 atom stereocenters. The van der Waals surface area contributed by atoms with Gasteiger partial charge in [-0.15, -0.1) is 0 Å². The van der Waals surface area contributed by atoms with Crippen LogP contribution in [0.4, 0.5) is 0 Å². The zero-order valence-electron chi connectivity index (χ0n) is 28.7. The van der Waals surface area contributed by atoms with Gasteiger partial charge in [0.1, 0.15) is 24.6 Å². The van der Waals surface area contributed by atoms with E-state index >= 15 is 0 Å². The molecule has 0 aromatic carbocycles. The van der Waals surface area contributed by atoms with Crippen LogP contribution in [0.1, 0.15) is 99.8 Å². The summed E-state index contributed by atoms with van der Waals surface area (Å²) in [5, 5.41) is 64.1. The number of ether oxygens (including phenoxy) is 2. The fourth-order valence-electron chi connectivity index (χ4n) is 10.4. The number of hydrogen-bond donors (Lipinski definition) is 6. The van der Waals surface area contributed by atoms with Crippen LogP contribution in [0.15, 0.2) is 24.3 Å². The van der Waals surface area contributed by atoms with Gasteiger partial charge in [-0.2, -0.15) is 0 Å². The first-order valence-corrected chi connectivity index (χ1v) is 17.0. The van der Waals surface area contributed by atoms with Crippen LogP contribution in [0.3, 0.4) is 0 Å². The molecule has 1 heterocycles. The number of aliphatic carboxylic acids is 1. The lowest BCUT2D eigenvalue weighted by Crippen LogP contribution is -2.65. The molecule has 6 N–H and O–H groups in total. The van der Waals surface area contributed by atoms with Gasteiger partial charge in [-0.1, -0.05) is 39.5 Å². The SMILES string of the molecule is C=C(C=O)C1CCC2(C)C(CC(O[C@@H]3O[C@H](C)[C@@H](O)[C@H](O)[C@H]3O)C3C(C(C)(O)C/C=C/C(C)(C)O)CCC32C)C1(C)CCC(=O)O. The summed E-state index contributed by atoms with van der Waals surface area (Å²) in [5.74, 6) is -1.66. The number of carbonyl (C=O) groups excluding carboxylic acids is 1. The molecule has 10 heteroatoms. The third-order valence-electron chi connectivity index (χ3n) is 13.1. The summed E-state index contributed by atoms with van der Waals surface area (Å²) in [4.78, 5) is 24.0. The van der Waals surface area contributed by atoms with Crippen LogP contribution < -0.4 is 0 Å². The Morgan fingerprint density at radius 1 is 1.02 bits per heavy atom. The van der Waals surface area contributed by atoms with Crippen molar-refractivity contribution in [3.8, 4) is 0 Å². The first-order valence-electron chi connectivity index (χ1n) is 17.0. The molecular formula is C36H58O10. The molecule has 262 valence electrons. The number of aliphatic hydroxyl groups is 5. The average Bonchev–Trinajstić information content (AvgIpc) is 3.34. The fraction of sp³-hybridized carbons (Fsp3) is 0.833. The molecule has 0 bridgehead atoms. The second-order valence-corrected chi connectivity index (χ2v) is 16.5. The van der Waals surface area contributed by atoms with Gasteiger partial charge >= 0.3 is 5.97 Å². The number of carboxylic acids is 1. The molecule has 9 unspecified atom stereocenters. The van der Waals surface area contributed by atoms with Gasteiger partial charge in [-0.25, -0.2) is 0 Å². The summed E-state index contributed by atoms with van der Waals surface area (Å²) in [5.41, 5.74) is -3.05. The first kappa shape index (κ1) is 37.2. The summed E-state index contributed by atoms with van der Waals surface area (Å²) < 4.78 is 12.6. The van der Waals surface area contributed by atoms with Crippen molar-refractivity contribution in [3.05, 3.63) is 24.3 Å². The van der Waals surface area contributed by atoms with Crippen molar-refractivity contribution in [3.63, 3.8) is 0 Å². The zero-order chi connectivity index (χ0) is 34.6. The molecule has 4 rings (SSSR count). The second-order valence-electron chi connectivity index (χ2n) is 16.5. The van der Waals surface area contributed by atoms with Crippen LogP contribution in [0.2, 0.25) is 0 Å². The Balaban J connectivity index is 1.82. The molecule has 1 aliphatic heterocycles. The Morgan fingerprint density at radius 3 is 2.24 bits per heavy atom. The monoisotopic (exact) mass is 650 g/mol. The van der Waals surface area contributed by atoms with Crippen LogP contribution >= 0.6 is 0 Å². The van der Waals surface area contributed by atoms with Crippen LogP contribution in [-0.4, -0.2) is 90.9 Å². The predicted octanol–water partition coefficient (Wildman–Crippen LogP) is 3.76. The Labute approximate surface area is 273 Å². The normalized spacial score (nSPS) is 45.9. The van der Waals surface area contributed by atoms with Crippen LogP contribution in [0.5, 0.6) is 0 Å². The minimum Gasteiger partial charge on any atom is -0.481 e. The van der Waals surface area contributed by atoms with E-state index in [1.807, 2.05) is 13.0 Å². The Kier molecular flexibility index (Phi) is 10.5. The average molecular weight is 651 g/mol. The van der Waals surface area contributed by atoms with Gasteiger partial charge in [-0.05, 0) is 118 Å². The number of hydrogen-bond acceptors (Lipinski definition) is 9. The molecule has 4 fully saturated rings. The van der Waals surface area contributed by atoms with E-state index in [1.165, 1.54) is 0 Å². The summed E-state index contributed by atoms with van der Waals surface area (Å²) in [6.07, 6.45) is 1.43. The standard InChI is InChI=1S/C36H58O10/c1-20(19-37)22-10-16-34(6)25(33(22,5)15-12-26(38)39)18-24(46-31-30(42)29(41)28(40)21(2)45-31)27-23(11-17-35(27,34)7)36(8,44)14-9-13-32(3,4)43/h9,13,19,21-25,27-31,40-44H,1,10-12,14-18H2,2-8H3,(H,38,39)/b13-9+/t21-,22?,23?,24?,25?,27?,28-,29+,30-,31+,33?,34?,35?,36?/m1/s1. The molecule has 0 amide bonds. The number of carboxylic acid groups (broad SMARTS) is 1. The molecule has 0 aromatic heterocycles. The minimum atomic E-state index is -1.51. The lowest BCUT2D eigenvalue weighted by molar-refractivity contribution is -0.327. The van der Waals surface area contributed by atoms with Gasteiger partial charge in [-0.3, -0.25) is 9.59 Å². The molecule has 10 nitrogen and oxygen atoms in total. The largest absolute Gasteiger partial charge is 0.481 e. The molecule has 4 aliphatic rings. The maximum absolute atomic E-state index is 12.1. The third-order valence-corrected chi connectivity index (χ3v) is 13.1. The summed E-state index contributed by atoms with van der Waals surface area (Å²) >= 11 is 0. The van der Waals surface area contributed by atoms with Gasteiger partial charge in [0.05, 0.1) is 23.4 Å². The van der Waals surface area contributed by atoms with Crippen molar-refractivity contribution in [1.29, 1.82) is 0 Å². The Morgan fingerprint density at radius 2 is 1.65 bits per heavy atom. The van der Waals surface area contributed by atoms with E-state index in [-0.39, 0.29) is 35.5 Å². The van der Waals surface area contributed by atoms with Crippen molar-refractivity contribution in [1.82, 2.24) is 0 Å². The van der Waals surface area contributed by atoms with E-state index in [0.717, 1.165) is 19.1 Å². The highest BCUT2D eigenvalue weighted by atomic mass is 16.7. The topological polar surface area (TPSA) is 174 Å². The van der Waals surface area contributed by atoms with E-state index in [9.17, 15) is 40.2 Å². The second kappa shape index (κ2) is 13.0. The third kappa shape index (κ3) is 6.52. The van der Waals surface area contributed by atoms with Crippen LogP contribution in [0, 0.1) is 39.9 Å². The van der Waals surface area contributed by atoms with Gasteiger partial charge in [0, 0.05) is 6.42 Å². The predicted molar refractivity (Wildman–Crippen MR) is 171 cm³/mol.